The quantitative estimate of drug-likeness (QED) is 0.362. The summed E-state index contributed by atoms with van der Waals surface area (Å²) in [6, 6.07) is 22.6. The molecule has 0 unspecified atom stereocenters. The number of hydrogen-bond donors (Lipinski definition) is 3. The molecule has 4 aromatic rings. The van der Waals surface area contributed by atoms with Gasteiger partial charge in [0.25, 0.3) is 11.8 Å². The Hall–Kier alpha value is -4.10. The van der Waals surface area contributed by atoms with Gasteiger partial charge in [-0.2, -0.15) is 5.10 Å². The van der Waals surface area contributed by atoms with Gasteiger partial charge in [0, 0.05) is 35.4 Å². The number of aromatic hydroxyl groups is 1. The van der Waals surface area contributed by atoms with Gasteiger partial charge in [0.15, 0.2) is 0 Å². The highest BCUT2D eigenvalue weighted by Gasteiger charge is 2.18. The molecule has 2 amide bonds. The molecule has 0 saturated carbocycles. The Labute approximate surface area is 195 Å². The van der Waals surface area contributed by atoms with Crippen molar-refractivity contribution in [2.75, 3.05) is 13.1 Å². The van der Waals surface area contributed by atoms with E-state index >= 15 is 0 Å². The first kappa shape index (κ1) is 22.1. The van der Waals surface area contributed by atoms with Crippen LogP contribution < -0.4 is 10.6 Å². The lowest BCUT2D eigenvalue weighted by molar-refractivity contribution is 0.0928. The van der Waals surface area contributed by atoms with Crippen LogP contribution in [0.15, 0.2) is 85.1 Å². The summed E-state index contributed by atoms with van der Waals surface area (Å²) in [6.07, 6.45) is 1.68. The molecule has 0 aliphatic rings. The van der Waals surface area contributed by atoms with Crippen LogP contribution in [-0.2, 0) is 0 Å². The SMILES string of the molecule is O=C(NCCNC(=O)c1cn(-c2ccccc2)nc1-c1ccc(Cl)cc1)c1ccc(O)cc1. The number of phenols is 1. The minimum Gasteiger partial charge on any atom is -0.508 e. The average molecular weight is 461 g/mol. The Bertz CT molecular complexity index is 1250. The van der Waals surface area contributed by atoms with Crippen molar-refractivity contribution in [2.24, 2.45) is 0 Å². The fourth-order valence-electron chi connectivity index (χ4n) is 3.24. The fourth-order valence-corrected chi connectivity index (χ4v) is 3.36. The van der Waals surface area contributed by atoms with Gasteiger partial charge in [-0.1, -0.05) is 41.9 Å². The third-order valence-electron chi connectivity index (χ3n) is 4.92. The summed E-state index contributed by atoms with van der Waals surface area (Å²) in [4.78, 5) is 25.1. The number of benzene rings is 3. The van der Waals surface area contributed by atoms with Gasteiger partial charge >= 0.3 is 0 Å². The smallest absolute Gasteiger partial charge is 0.255 e. The number of amides is 2. The summed E-state index contributed by atoms with van der Waals surface area (Å²) in [7, 11) is 0. The van der Waals surface area contributed by atoms with Crippen LogP contribution in [0.25, 0.3) is 16.9 Å². The predicted octanol–water partition coefficient (Wildman–Crippen LogP) is 4.06. The van der Waals surface area contributed by atoms with Gasteiger partial charge in [-0.25, -0.2) is 4.68 Å². The van der Waals surface area contributed by atoms with E-state index in [9.17, 15) is 14.7 Å². The van der Waals surface area contributed by atoms with E-state index in [-0.39, 0.29) is 30.7 Å². The van der Waals surface area contributed by atoms with Crippen molar-refractivity contribution in [3.63, 3.8) is 0 Å². The van der Waals surface area contributed by atoms with Gasteiger partial charge in [-0.05, 0) is 48.5 Å². The summed E-state index contributed by atoms with van der Waals surface area (Å²) in [5.41, 5.74) is 2.95. The number of para-hydroxylation sites is 1. The number of hydrogen-bond acceptors (Lipinski definition) is 4. The molecule has 33 heavy (non-hydrogen) atoms. The first-order valence-corrected chi connectivity index (χ1v) is 10.7. The second-order valence-corrected chi connectivity index (χ2v) is 7.67. The highest BCUT2D eigenvalue weighted by molar-refractivity contribution is 6.30. The van der Waals surface area contributed by atoms with Crippen molar-refractivity contribution in [3.8, 4) is 22.7 Å². The lowest BCUT2D eigenvalue weighted by Crippen LogP contribution is -2.34. The van der Waals surface area contributed by atoms with Crippen molar-refractivity contribution in [2.45, 2.75) is 0 Å². The average Bonchev–Trinajstić information content (AvgIpc) is 3.29. The van der Waals surface area contributed by atoms with E-state index in [4.69, 9.17) is 11.6 Å². The Morgan fingerprint density at radius 2 is 1.48 bits per heavy atom. The number of aromatic nitrogens is 2. The molecule has 166 valence electrons. The van der Waals surface area contributed by atoms with Gasteiger partial charge in [-0.15, -0.1) is 0 Å². The van der Waals surface area contributed by atoms with Crippen LogP contribution in [-0.4, -0.2) is 39.8 Å². The highest BCUT2D eigenvalue weighted by Crippen LogP contribution is 2.25. The molecule has 3 N–H and O–H groups in total. The lowest BCUT2D eigenvalue weighted by atomic mass is 10.1. The molecular weight excluding hydrogens is 440 g/mol. The fraction of sp³-hybridized carbons (Fsp3) is 0.0800. The molecule has 0 saturated heterocycles. The molecule has 0 radical (unpaired) electrons. The molecule has 0 aliphatic carbocycles. The zero-order valence-electron chi connectivity index (χ0n) is 17.5. The topological polar surface area (TPSA) is 96.3 Å². The number of nitrogens with zero attached hydrogens (tertiary/aromatic N) is 2. The zero-order valence-corrected chi connectivity index (χ0v) is 18.3. The normalized spacial score (nSPS) is 10.6. The van der Waals surface area contributed by atoms with Crippen LogP contribution in [0.4, 0.5) is 0 Å². The standard InChI is InChI=1S/C25H21ClN4O3/c26-19-10-6-17(7-11-19)23-22(16-30(29-23)20-4-2-1-3-5-20)25(33)28-15-14-27-24(32)18-8-12-21(31)13-9-18/h1-13,16,31H,14-15H2,(H,27,32)(H,28,33). The van der Waals surface area contributed by atoms with E-state index in [0.717, 1.165) is 11.3 Å². The van der Waals surface area contributed by atoms with E-state index in [1.165, 1.54) is 24.3 Å². The van der Waals surface area contributed by atoms with Crippen molar-refractivity contribution in [1.82, 2.24) is 20.4 Å². The first-order valence-electron chi connectivity index (χ1n) is 10.3. The van der Waals surface area contributed by atoms with Gasteiger partial charge in [0.1, 0.15) is 11.4 Å². The van der Waals surface area contributed by atoms with E-state index < -0.39 is 0 Å². The Morgan fingerprint density at radius 1 is 0.848 bits per heavy atom. The second kappa shape index (κ2) is 10.0. The number of nitrogens with one attached hydrogen (secondary N) is 2. The van der Waals surface area contributed by atoms with Gasteiger partial charge in [-0.3, -0.25) is 9.59 Å². The maximum absolute atomic E-state index is 13.0. The van der Waals surface area contributed by atoms with Crippen LogP contribution in [0.1, 0.15) is 20.7 Å². The maximum atomic E-state index is 13.0. The molecule has 0 aliphatic heterocycles. The molecule has 8 heteroatoms. The summed E-state index contributed by atoms with van der Waals surface area (Å²) in [5, 5.41) is 20.1. The van der Waals surface area contributed by atoms with Gasteiger partial charge in [0.2, 0.25) is 0 Å². The first-order chi connectivity index (χ1) is 16.0. The van der Waals surface area contributed by atoms with Crippen LogP contribution in [0.5, 0.6) is 5.75 Å². The van der Waals surface area contributed by atoms with Crippen molar-refractivity contribution >= 4 is 23.4 Å². The van der Waals surface area contributed by atoms with E-state index in [0.29, 0.717) is 21.8 Å². The number of phenolic OH excluding ortho intramolecular Hbond substituents is 1. The summed E-state index contributed by atoms with van der Waals surface area (Å²) >= 11 is 6.01. The molecule has 3 aromatic carbocycles. The van der Waals surface area contributed by atoms with E-state index in [1.807, 2.05) is 42.5 Å². The van der Waals surface area contributed by atoms with Crippen LogP contribution in [0, 0.1) is 0 Å². The molecule has 0 spiro atoms. The van der Waals surface area contributed by atoms with Crippen molar-refractivity contribution in [3.05, 3.63) is 101 Å². The summed E-state index contributed by atoms with van der Waals surface area (Å²) < 4.78 is 1.66. The molecule has 1 heterocycles. The van der Waals surface area contributed by atoms with Crippen LogP contribution in [0.3, 0.4) is 0 Å². The van der Waals surface area contributed by atoms with Crippen LogP contribution >= 0.6 is 11.6 Å². The third kappa shape index (κ3) is 5.39. The Morgan fingerprint density at radius 3 is 2.15 bits per heavy atom. The maximum Gasteiger partial charge on any atom is 0.255 e. The molecule has 7 nitrogen and oxygen atoms in total. The zero-order chi connectivity index (χ0) is 23.2. The van der Waals surface area contributed by atoms with Crippen molar-refractivity contribution < 1.29 is 14.7 Å². The number of halogens is 1. The Balaban J connectivity index is 1.46. The lowest BCUT2D eigenvalue weighted by Gasteiger charge is -2.08. The Kier molecular flexibility index (Phi) is 6.71. The molecule has 0 atom stereocenters. The number of rotatable bonds is 7. The van der Waals surface area contributed by atoms with Gasteiger partial charge in [0.05, 0.1) is 11.3 Å². The van der Waals surface area contributed by atoms with E-state index in [1.54, 1.807) is 23.0 Å². The number of carbonyl (C=O) groups excluding carboxylic acids is 2. The molecule has 0 fully saturated rings. The summed E-state index contributed by atoms with van der Waals surface area (Å²) in [6.45, 7) is 0.480. The van der Waals surface area contributed by atoms with E-state index in [2.05, 4.69) is 15.7 Å². The molecule has 4 rings (SSSR count). The minimum absolute atomic E-state index is 0.0892. The molecule has 1 aromatic heterocycles. The monoisotopic (exact) mass is 460 g/mol. The highest BCUT2D eigenvalue weighted by atomic mass is 35.5. The number of carbonyl (C=O) groups is 2. The molecule has 0 bridgehead atoms. The predicted molar refractivity (Wildman–Crippen MR) is 127 cm³/mol. The third-order valence-corrected chi connectivity index (χ3v) is 5.17. The largest absolute Gasteiger partial charge is 0.508 e. The van der Waals surface area contributed by atoms with Crippen LogP contribution in [0.2, 0.25) is 5.02 Å². The molecular formula is C25H21ClN4O3. The summed E-state index contributed by atoms with van der Waals surface area (Å²) in [5.74, 6) is -0.504. The second-order valence-electron chi connectivity index (χ2n) is 7.24. The minimum atomic E-state index is -0.305. The van der Waals surface area contributed by atoms with Gasteiger partial charge < -0.3 is 15.7 Å². The van der Waals surface area contributed by atoms with Crippen molar-refractivity contribution in [1.29, 1.82) is 0 Å².